The van der Waals surface area contributed by atoms with E-state index < -0.39 is 0 Å². The minimum Gasteiger partial charge on any atom is -0.481 e. The maximum absolute atomic E-state index is 13.5. The van der Waals surface area contributed by atoms with Crippen LogP contribution in [0.15, 0.2) is 12.1 Å². The van der Waals surface area contributed by atoms with Gasteiger partial charge in [0.15, 0.2) is 0 Å². The molecule has 17 heavy (non-hydrogen) atoms. The second-order valence-electron chi connectivity index (χ2n) is 4.12. The highest BCUT2D eigenvalue weighted by molar-refractivity contribution is 5.17. The van der Waals surface area contributed by atoms with Gasteiger partial charge in [-0.25, -0.2) is 9.37 Å². The standard InChI is InChI=1S/C12H18FN3O/c1-17-12-3-2-10(13)11(15-12)4-7-16-8-5-14-6-9-16/h2-3,14H,4-9H2,1H3. The minimum absolute atomic E-state index is 0.249. The summed E-state index contributed by atoms with van der Waals surface area (Å²) in [5.41, 5.74) is 0.489. The van der Waals surface area contributed by atoms with Crippen LogP contribution in [0, 0.1) is 5.82 Å². The van der Waals surface area contributed by atoms with Gasteiger partial charge in [0, 0.05) is 45.2 Å². The number of piperazine rings is 1. The molecule has 1 aromatic rings. The summed E-state index contributed by atoms with van der Waals surface area (Å²) < 4.78 is 18.5. The Kier molecular flexibility index (Phi) is 4.28. The molecule has 0 atom stereocenters. The Labute approximate surface area is 101 Å². The summed E-state index contributed by atoms with van der Waals surface area (Å²) >= 11 is 0. The number of pyridine rings is 1. The van der Waals surface area contributed by atoms with Crippen LogP contribution in [0.25, 0.3) is 0 Å². The predicted octanol–water partition coefficient (Wildman–Crippen LogP) is 0.677. The van der Waals surface area contributed by atoms with E-state index in [1.807, 2.05) is 0 Å². The van der Waals surface area contributed by atoms with Crippen molar-refractivity contribution in [1.29, 1.82) is 0 Å². The average Bonchev–Trinajstić information content (AvgIpc) is 2.39. The van der Waals surface area contributed by atoms with Crippen molar-refractivity contribution in [3.05, 3.63) is 23.6 Å². The normalized spacial score (nSPS) is 17.1. The third kappa shape index (κ3) is 3.38. The molecule has 4 nitrogen and oxygen atoms in total. The fraction of sp³-hybridized carbons (Fsp3) is 0.583. The van der Waals surface area contributed by atoms with Gasteiger partial charge in [-0.1, -0.05) is 0 Å². The quantitative estimate of drug-likeness (QED) is 0.838. The first-order valence-electron chi connectivity index (χ1n) is 5.92. The summed E-state index contributed by atoms with van der Waals surface area (Å²) in [5, 5.41) is 3.29. The van der Waals surface area contributed by atoms with Gasteiger partial charge in [0.1, 0.15) is 5.82 Å². The maximum Gasteiger partial charge on any atom is 0.213 e. The lowest BCUT2D eigenvalue weighted by Crippen LogP contribution is -2.44. The predicted molar refractivity (Wildman–Crippen MR) is 63.8 cm³/mol. The van der Waals surface area contributed by atoms with E-state index >= 15 is 0 Å². The summed E-state index contributed by atoms with van der Waals surface area (Å²) in [6.45, 7) is 4.90. The van der Waals surface area contributed by atoms with Crippen LogP contribution in [0.5, 0.6) is 5.88 Å². The van der Waals surface area contributed by atoms with E-state index in [-0.39, 0.29) is 5.82 Å². The lowest BCUT2D eigenvalue weighted by Gasteiger charge is -2.26. The van der Waals surface area contributed by atoms with Crippen LogP contribution in [0.4, 0.5) is 4.39 Å². The molecular formula is C12H18FN3O. The number of hydrogen-bond donors (Lipinski definition) is 1. The van der Waals surface area contributed by atoms with Crippen molar-refractivity contribution in [2.75, 3.05) is 39.8 Å². The topological polar surface area (TPSA) is 37.4 Å². The lowest BCUT2D eigenvalue weighted by molar-refractivity contribution is 0.242. The van der Waals surface area contributed by atoms with Crippen molar-refractivity contribution in [3.8, 4) is 5.88 Å². The molecule has 1 saturated heterocycles. The van der Waals surface area contributed by atoms with Crippen LogP contribution in [0.1, 0.15) is 5.69 Å². The van der Waals surface area contributed by atoms with E-state index in [4.69, 9.17) is 4.74 Å². The first-order chi connectivity index (χ1) is 8.29. The van der Waals surface area contributed by atoms with Crippen LogP contribution in [-0.2, 0) is 6.42 Å². The van der Waals surface area contributed by atoms with Crippen LogP contribution < -0.4 is 10.1 Å². The Morgan fingerprint density at radius 1 is 1.41 bits per heavy atom. The molecule has 94 valence electrons. The first-order valence-corrected chi connectivity index (χ1v) is 5.92. The Bertz CT molecular complexity index is 367. The van der Waals surface area contributed by atoms with Crippen molar-refractivity contribution >= 4 is 0 Å². The Balaban J connectivity index is 1.92. The highest BCUT2D eigenvalue weighted by Crippen LogP contribution is 2.12. The van der Waals surface area contributed by atoms with Gasteiger partial charge in [0.2, 0.25) is 5.88 Å². The number of hydrogen-bond acceptors (Lipinski definition) is 4. The number of nitrogens with zero attached hydrogens (tertiary/aromatic N) is 2. The number of nitrogens with one attached hydrogen (secondary N) is 1. The van der Waals surface area contributed by atoms with Gasteiger partial charge >= 0.3 is 0 Å². The number of methoxy groups -OCH3 is 1. The van der Waals surface area contributed by atoms with Gasteiger partial charge in [-0.2, -0.15) is 0 Å². The van der Waals surface area contributed by atoms with Crippen molar-refractivity contribution in [1.82, 2.24) is 15.2 Å². The molecular weight excluding hydrogens is 221 g/mol. The van der Waals surface area contributed by atoms with E-state index in [1.165, 1.54) is 6.07 Å². The van der Waals surface area contributed by atoms with E-state index in [9.17, 15) is 4.39 Å². The van der Waals surface area contributed by atoms with Gasteiger partial charge in [-0.05, 0) is 6.07 Å². The third-order valence-corrected chi connectivity index (χ3v) is 2.98. The highest BCUT2D eigenvalue weighted by atomic mass is 19.1. The largest absolute Gasteiger partial charge is 0.481 e. The van der Waals surface area contributed by atoms with Gasteiger partial charge < -0.3 is 15.0 Å². The second-order valence-corrected chi connectivity index (χ2v) is 4.12. The van der Waals surface area contributed by atoms with E-state index in [0.29, 0.717) is 18.0 Å². The van der Waals surface area contributed by atoms with Gasteiger partial charge in [-0.3, -0.25) is 0 Å². The molecule has 0 saturated carbocycles. The van der Waals surface area contributed by atoms with E-state index in [0.717, 1.165) is 32.7 Å². The van der Waals surface area contributed by atoms with Crippen LogP contribution >= 0.6 is 0 Å². The number of rotatable bonds is 4. The molecule has 0 bridgehead atoms. The third-order valence-electron chi connectivity index (χ3n) is 2.98. The molecule has 0 unspecified atom stereocenters. The van der Waals surface area contributed by atoms with Crippen molar-refractivity contribution in [2.24, 2.45) is 0 Å². The molecule has 5 heteroatoms. The SMILES string of the molecule is COc1ccc(F)c(CCN2CCNCC2)n1. The van der Waals surface area contributed by atoms with Gasteiger partial charge in [0.05, 0.1) is 12.8 Å². The minimum atomic E-state index is -0.249. The molecule has 1 aliphatic heterocycles. The van der Waals surface area contributed by atoms with Crippen LogP contribution in [-0.4, -0.2) is 49.7 Å². The molecule has 0 aromatic carbocycles. The van der Waals surface area contributed by atoms with Gasteiger partial charge in [-0.15, -0.1) is 0 Å². The monoisotopic (exact) mass is 239 g/mol. The lowest BCUT2D eigenvalue weighted by atomic mass is 10.2. The molecule has 1 fully saturated rings. The number of halogens is 1. The summed E-state index contributed by atoms with van der Waals surface area (Å²) in [6.07, 6.45) is 0.628. The summed E-state index contributed by atoms with van der Waals surface area (Å²) in [6, 6.07) is 2.96. The maximum atomic E-state index is 13.5. The molecule has 0 aliphatic carbocycles. The molecule has 0 radical (unpaired) electrons. The fourth-order valence-corrected chi connectivity index (χ4v) is 1.95. The van der Waals surface area contributed by atoms with Crippen molar-refractivity contribution in [2.45, 2.75) is 6.42 Å². The molecule has 1 aromatic heterocycles. The summed E-state index contributed by atoms with van der Waals surface area (Å²) in [5.74, 6) is 0.225. The zero-order chi connectivity index (χ0) is 12.1. The Morgan fingerprint density at radius 2 is 2.18 bits per heavy atom. The van der Waals surface area contributed by atoms with Gasteiger partial charge in [0.25, 0.3) is 0 Å². The van der Waals surface area contributed by atoms with E-state index in [2.05, 4.69) is 15.2 Å². The average molecular weight is 239 g/mol. The molecule has 1 N–H and O–H groups in total. The zero-order valence-corrected chi connectivity index (χ0v) is 10.1. The molecule has 2 heterocycles. The second kappa shape index (κ2) is 5.93. The smallest absolute Gasteiger partial charge is 0.213 e. The molecule has 0 spiro atoms. The Hall–Kier alpha value is -1.20. The van der Waals surface area contributed by atoms with E-state index in [1.54, 1.807) is 13.2 Å². The molecule has 0 amide bonds. The van der Waals surface area contributed by atoms with Crippen LogP contribution in [0.2, 0.25) is 0 Å². The van der Waals surface area contributed by atoms with Crippen molar-refractivity contribution in [3.63, 3.8) is 0 Å². The van der Waals surface area contributed by atoms with Crippen LogP contribution in [0.3, 0.4) is 0 Å². The fourth-order valence-electron chi connectivity index (χ4n) is 1.95. The number of aromatic nitrogens is 1. The highest BCUT2D eigenvalue weighted by Gasteiger charge is 2.12. The summed E-state index contributed by atoms with van der Waals surface area (Å²) in [4.78, 5) is 6.45. The summed E-state index contributed by atoms with van der Waals surface area (Å²) in [7, 11) is 1.54. The first kappa shape index (κ1) is 12.3. The Morgan fingerprint density at radius 3 is 2.88 bits per heavy atom. The molecule has 2 rings (SSSR count). The zero-order valence-electron chi connectivity index (χ0n) is 10.1. The van der Waals surface area contributed by atoms with Crippen molar-refractivity contribution < 1.29 is 9.13 Å². The number of ether oxygens (including phenoxy) is 1. The molecule has 1 aliphatic rings.